The largest absolute Gasteiger partial charge is 0.488 e. The lowest BCUT2D eigenvalue weighted by Gasteiger charge is -2.09. The van der Waals surface area contributed by atoms with Crippen LogP contribution in [0.15, 0.2) is 28.9 Å². The van der Waals surface area contributed by atoms with Crippen molar-refractivity contribution < 1.29 is 4.74 Å². The Bertz CT molecular complexity index is 599. The van der Waals surface area contributed by atoms with Crippen LogP contribution in [-0.4, -0.2) is 27.6 Å². The van der Waals surface area contributed by atoms with Crippen LogP contribution in [0.2, 0.25) is 0 Å². The quantitative estimate of drug-likeness (QED) is 0.906. The molecule has 0 aliphatic carbocycles. The number of fused-ring (bicyclic) bond motifs is 1. The van der Waals surface area contributed by atoms with E-state index in [4.69, 9.17) is 10.5 Å². The predicted octanol–water partition coefficient (Wildman–Crippen LogP) is 1.94. The van der Waals surface area contributed by atoms with Crippen molar-refractivity contribution >= 4 is 15.9 Å². The highest BCUT2D eigenvalue weighted by molar-refractivity contribution is 9.10. The molecule has 6 heteroatoms. The molecule has 1 unspecified atom stereocenters. The molecule has 5 nitrogen and oxygen atoms in total. The van der Waals surface area contributed by atoms with E-state index < -0.39 is 0 Å². The molecule has 0 fully saturated rings. The standard InChI is InChI=1S/C14H17BrN4O/c15-11-3-4-14-10(6-11)7-13(20-14)9-19-8-12(17-18-19)2-1-5-16/h3-4,6,8,13H,1-2,5,7,9,16H2. The summed E-state index contributed by atoms with van der Waals surface area (Å²) in [6, 6.07) is 6.12. The highest BCUT2D eigenvalue weighted by Crippen LogP contribution is 2.31. The van der Waals surface area contributed by atoms with Crippen LogP contribution in [0.3, 0.4) is 0 Å². The number of rotatable bonds is 5. The monoisotopic (exact) mass is 336 g/mol. The molecular weight excluding hydrogens is 320 g/mol. The molecule has 0 saturated heterocycles. The average molecular weight is 337 g/mol. The van der Waals surface area contributed by atoms with Gasteiger partial charge in [0, 0.05) is 17.1 Å². The molecule has 2 aromatic rings. The molecule has 2 N–H and O–H groups in total. The van der Waals surface area contributed by atoms with Crippen molar-refractivity contribution in [3.8, 4) is 5.75 Å². The van der Waals surface area contributed by atoms with Crippen molar-refractivity contribution in [1.29, 1.82) is 0 Å². The second-order valence-electron chi connectivity index (χ2n) is 5.02. The number of aromatic nitrogens is 3. The first kappa shape index (κ1) is 13.6. The van der Waals surface area contributed by atoms with E-state index in [0.717, 1.165) is 41.7 Å². The number of halogens is 1. The number of hydrogen-bond donors (Lipinski definition) is 1. The summed E-state index contributed by atoms with van der Waals surface area (Å²) < 4.78 is 8.87. The Labute approximate surface area is 126 Å². The summed E-state index contributed by atoms with van der Waals surface area (Å²) in [4.78, 5) is 0. The zero-order valence-electron chi connectivity index (χ0n) is 11.1. The topological polar surface area (TPSA) is 66.0 Å². The van der Waals surface area contributed by atoms with Gasteiger partial charge in [-0.2, -0.15) is 0 Å². The van der Waals surface area contributed by atoms with E-state index in [1.54, 1.807) is 0 Å². The van der Waals surface area contributed by atoms with E-state index in [1.165, 1.54) is 5.56 Å². The fourth-order valence-corrected chi connectivity index (χ4v) is 2.83. The van der Waals surface area contributed by atoms with Crippen LogP contribution in [0.1, 0.15) is 17.7 Å². The van der Waals surface area contributed by atoms with Gasteiger partial charge in [-0.1, -0.05) is 21.1 Å². The van der Waals surface area contributed by atoms with Crippen LogP contribution in [0.5, 0.6) is 5.75 Å². The lowest BCUT2D eigenvalue weighted by molar-refractivity contribution is 0.202. The van der Waals surface area contributed by atoms with Crippen LogP contribution in [-0.2, 0) is 19.4 Å². The molecule has 3 rings (SSSR count). The lowest BCUT2D eigenvalue weighted by atomic mass is 10.1. The van der Waals surface area contributed by atoms with Gasteiger partial charge in [0.2, 0.25) is 0 Å². The number of benzene rings is 1. The molecule has 2 heterocycles. The molecule has 0 radical (unpaired) electrons. The number of hydrogen-bond acceptors (Lipinski definition) is 4. The van der Waals surface area contributed by atoms with Gasteiger partial charge in [0.15, 0.2) is 0 Å². The minimum Gasteiger partial charge on any atom is -0.488 e. The molecule has 0 spiro atoms. The predicted molar refractivity (Wildman–Crippen MR) is 79.7 cm³/mol. The van der Waals surface area contributed by atoms with E-state index in [9.17, 15) is 0 Å². The van der Waals surface area contributed by atoms with Gasteiger partial charge in [-0.15, -0.1) is 5.10 Å². The van der Waals surface area contributed by atoms with Gasteiger partial charge in [0.1, 0.15) is 11.9 Å². The highest BCUT2D eigenvalue weighted by atomic mass is 79.9. The maximum atomic E-state index is 5.93. The van der Waals surface area contributed by atoms with Gasteiger partial charge in [0.05, 0.1) is 12.2 Å². The molecule has 1 aromatic carbocycles. The summed E-state index contributed by atoms with van der Waals surface area (Å²) in [6.45, 7) is 1.41. The van der Waals surface area contributed by atoms with Crippen LogP contribution in [0, 0.1) is 0 Å². The van der Waals surface area contributed by atoms with Gasteiger partial charge >= 0.3 is 0 Å². The van der Waals surface area contributed by atoms with E-state index in [1.807, 2.05) is 23.0 Å². The van der Waals surface area contributed by atoms with E-state index in [2.05, 4.69) is 32.3 Å². The van der Waals surface area contributed by atoms with Gasteiger partial charge in [0.25, 0.3) is 0 Å². The SMILES string of the molecule is NCCCc1cn(CC2Cc3cc(Br)ccc3O2)nn1. The Morgan fingerprint density at radius 3 is 3.20 bits per heavy atom. The first-order valence-electron chi connectivity index (χ1n) is 6.79. The summed E-state index contributed by atoms with van der Waals surface area (Å²) in [7, 11) is 0. The Hall–Kier alpha value is -1.40. The molecule has 1 aromatic heterocycles. The minimum atomic E-state index is 0.128. The molecule has 20 heavy (non-hydrogen) atoms. The number of ether oxygens (including phenoxy) is 1. The molecule has 1 aliphatic rings. The van der Waals surface area contributed by atoms with E-state index in [-0.39, 0.29) is 6.10 Å². The molecule has 0 saturated carbocycles. The van der Waals surface area contributed by atoms with Crippen molar-refractivity contribution in [3.05, 3.63) is 40.1 Å². The van der Waals surface area contributed by atoms with E-state index >= 15 is 0 Å². The number of aryl methyl sites for hydroxylation is 1. The van der Waals surface area contributed by atoms with Crippen LogP contribution >= 0.6 is 15.9 Å². The fraction of sp³-hybridized carbons (Fsp3) is 0.429. The first-order chi connectivity index (χ1) is 9.74. The molecule has 106 valence electrons. The zero-order chi connectivity index (χ0) is 13.9. The Balaban J connectivity index is 1.61. The minimum absolute atomic E-state index is 0.128. The highest BCUT2D eigenvalue weighted by Gasteiger charge is 2.23. The zero-order valence-corrected chi connectivity index (χ0v) is 12.7. The van der Waals surface area contributed by atoms with E-state index in [0.29, 0.717) is 6.54 Å². The second kappa shape index (κ2) is 5.93. The van der Waals surface area contributed by atoms with Crippen molar-refractivity contribution in [3.63, 3.8) is 0 Å². The third-order valence-corrected chi connectivity index (χ3v) is 3.87. The third kappa shape index (κ3) is 3.02. The fourth-order valence-electron chi connectivity index (χ4n) is 2.42. The summed E-state index contributed by atoms with van der Waals surface area (Å²) >= 11 is 3.49. The molecule has 1 atom stereocenters. The Kier molecular flexibility index (Phi) is 4.03. The van der Waals surface area contributed by atoms with Crippen LogP contribution < -0.4 is 10.5 Å². The van der Waals surface area contributed by atoms with Gasteiger partial charge < -0.3 is 10.5 Å². The molecule has 0 amide bonds. The van der Waals surface area contributed by atoms with Gasteiger partial charge in [-0.05, 0) is 43.1 Å². The second-order valence-corrected chi connectivity index (χ2v) is 5.94. The van der Waals surface area contributed by atoms with Crippen molar-refractivity contribution in [2.24, 2.45) is 5.73 Å². The van der Waals surface area contributed by atoms with Crippen molar-refractivity contribution in [2.75, 3.05) is 6.54 Å². The normalized spacial score (nSPS) is 17.0. The summed E-state index contributed by atoms with van der Waals surface area (Å²) in [5, 5.41) is 8.30. The average Bonchev–Trinajstić information content (AvgIpc) is 3.02. The Morgan fingerprint density at radius 1 is 1.45 bits per heavy atom. The molecule has 1 aliphatic heterocycles. The molecule has 0 bridgehead atoms. The first-order valence-corrected chi connectivity index (χ1v) is 7.58. The number of nitrogens with two attached hydrogens (primary N) is 1. The smallest absolute Gasteiger partial charge is 0.123 e. The van der Waals surface area contributed by atoms with Crippen LogP contribution in [0.4, 0.5) is 0 Å². The summed E-state index contributed by atoms with van der Waals surface area (Å²) in [5.41, 5.74) is 7.73. The molecular formula is C14H17BrN4O. The number of nitrogens with zero attached hydrogens (tertiary/aromatic N) is 3. The third-order valence-electron chi connectivity index (χ3n) is 3.38. The lowest BCUT2D eigenvalue weighted by Crippen LogP contribution is -2.21. The van der Waals surface area contributed by atoms with Crippen LogP contribution in [0.25, 0.3) is 0 Å². The Morgan fingerprint density at radius 2 is 2.35 bits per heavy atom. The van der Waals surface area contributed by atoms with Gasteiger partial charge in [-0.3, -0.25) is 0 Å². The summed E-state index contributed by atoms with van der Waals surface area (Å²) in [5.74, 6) is 0.974. The summed E-state index contributed by atoms with van der Waals surface area (Å²) in [6.07, 6.45) is 4.85. The van der Waals surface area contributed by atoms with Crippen molar-refractivity contribution in [1.82, 2.24) is 15.0 Å². The van der Waals surface area contributed by atoms with Gasteiger partial charge in [-0.25, -0.2) is 4.68 Å². The maximum Gasteiger partial charge on any atom is 0.123 e. The maximum absolute atomic E-state index is 5.93. The van der Waals surface area contributed by atoms with Crippen molar-refractivity contribution in [2.45, 2.75) is 31.9 Å².